The molecule has 2 N–H and O–H groups in total. The third-order valence-electron chi connectivity index (χ3n) is 2.84. The summed E-state index contributed by atoms with van der Waals surface area (Å²) in [4.78, 5) is 22.1. The lowest BCUT2D eigenvalue weighted by atomic mass is 10.2. The summed E-state index contributed by atoms with van der Waals surface area (Å²) in [7, 11) is 1.84. The van der Waals surface area contributed by atoms with Crippen LogP contribution in [-0.2, 0) is 13.6 Å². The molecule has 0 spiro atoms. The third-order valence-corrected chi connectivity index (χ3v) is 2.84. The van der Waals surface area contributed by atoms with Crippen molar-refractivity contribution in [1.82, 2.24) is 24.6 Å². The number of aromatic nitrogens is 4. The SMILES string of the molecule is CCCN(Cc1cnn(C)c1)C(=O)c1nccnc1N. The second-order valence-electron chi connectivity index (χ2n) is 4.54. The average molecular weight is 274 g/mol. The van der Waals surface area contributed by atoms with Crippen molar-refractivity contribution in [3.05, 3.63) is 36.0 Å². The Labute approximate surface area is 117 Å². The minimum atomic E-state index is -0.207. The second-order valence-corrected chi connectivity index (χ2v) is 4.54. The molecule has 7 nitrogen and oxygen atoms in total. The van der Waals surface area contributed by atoms with Crippen molar-refractivity contribution in [2.24, 2.45) is 7.05 Å². The van der Waals surface area contributed by atoms with Gasteiger partial charge >= 0.3 is 0 Å². The molecule has 0 aliphatic rings. The van der Waals surface area contributed by atoms with E-state index in [1.807, 2.05) is 20.2 Å². The molecule has 0 fully saturated rings. The first-order valence-corrected chi connectivity index (χ1v) is 6.45. The van der Waals surface area contributed by atoms with Crippen molar-refractivity contribution in [2.75, 3.05) is 12.3 Å². The van der Waals surface area contributed by atoms with E-state index >= 15 is 0 Å². The van der Waals surface area contributed by atoms with Crippen molar-refractivity contribution >= 4 is 11.7 Å². The van der Waals surface area contributed by atoms with Crippen LogP contribution in [0.4, 0.5) is 5.82 Å². The van der Waals surface area contributed by atoms with Crippen LogP contribution in [0.25, 0.3) is 0 Å². The molecule has 0 atom stereocenters. The van der Waals surface area contributed by atoms with Crippen LogP contribution in [0.1, 0.15) is 29.4 Å². The number of anilines is 1. The first-order chi connectivity index (χ1) is 9.61. The molecule has 0 bridgehead atoms. The summed E-state index contributed by atoms with van der Waals surface area (Å²) in [5, 5.41) is 4.11. The molecule has 0 saturated heterocycles. The van der Waals surface area contributed by atoms with Crippen LogP contribution in [0.3, 0.4) is 0 Å². The molecule has 2 rings (SSSR count). The number of hydrogen-bond donors (Lipinski definition) is 1. The molecule has 20 heavy (non-hydrogen) atoms. The largest absolute Gasteiger partial charge is 0.382 e. The molecule has 0 radical (unpaired) electrons. The minimum absolute atomic E-state index is 0.157. The summed E-state index contributed by atoms with van der Waals surface area (Å²) in [6.07, 6.45) is 7.42. The van der Waals surface area contributed by atoms with E-state index in [0.29, 0.717) is 13.1 Å². The molecule has 0 aliphatic heterocycles. The molecular formula is C13H18N6O. The maximum Gasteiger partial charge on any atom is 0.276 e. The number of carbonyl (C=O) groups is 1. The van der Waals surface area contributed by atoms with Crippen LogP contribution in [0.2, 0.25) is 0 Å². The summed E-state index contributed by atoms with van der Waals surface area (Å²) in [5.74, 6) is -0.0499. The Morgan fingerprint density at radius 1 is 1.40 bits per heavy atom. The molecule has 1 amide bonds. The fourth-order valence-corrected chi connectivity index (χ4v) is 1.96. The molecule has 0 aromatic carbocycles. The summed E-state index contributed by atoms with van der Waals surface area (Å²) >= 11 is 0. The Morgan fingerprint density at radius 2 is 2.15 bits per heavy atom. The van der Waals surface area contributed by atoms with Gasteiger partial charge in [0.15, 0.2) is 11.5 Å². The summed E-state index contributed by atoms with van der Waals surface area (Å²) in [5.41, 5.74) is 6.88. The molecule has 2 heterocycles. The zero-order valence-electron chi connectivity index (χ0n) is 11.7. The van der Waals surface area contributed by atoms with Gasteiger partial charge in [-0.3, -0.25) is 9.48 Å². The topological polar surface area (TPSA) is 89.9 Å². The third kappa shape index (κ3) is 3.11. The van der Waals surface area contributed by atoms with Gasteiger partial charge in [-0.25, -0.2) is 9.97 Å². The minimum Gasteiger partial charge on any atom is -0.382 e. The first-order valence-electron chi connectivity index (χ1n) is 6.45. The van der Waals surface area contributed by atoms with Gasteiger partial charge in [0, 0.05) is 44.3 Å². The van der Waals surface area contributed by atoms with E-state index in [4.69, 9.17) is 5.73 Å². The number of nitrogens with zero attached hydrogens (tertiary/aromatic N) is 5. The number of aryl methyl sites for hydroxylation is 1. The van der Waals surface area contributed by atoms with Crippen molar-refractivity contribution in [3.63, 3.8) is 0 Å². The van der Waals surface area contributed by atoms with E-state index in [2.05, 4.69) is 15.1 Å². The Bertz CT molecular complexity index is 594. The van der Waals surface area contributed by atoms with Gasteiger partial charge in [-0.05, 0) is 6.42 Å². The van der Waals surface area contributed by atoms with Gasteiger partial charge in [-0.1, -0.05) is 6.92 Å². The monoisotopic (exact) mass is 274 g/mol. The van der Waals surface area contributed by atoms with Crippen molar-refractivity contribution in [2.45, 2.75) is 19.9 Å². The number of rotatable bonds is 5. The van der Waals surface area contributed by atoms with Crippen LogP contribution in [0.5, 0.6) is 0 Å². The molecule has 7 heteroatoms. The second kappa shape index (κ2) is 6.14. The van der Waals surface area contributed by atoms with E-state index in [-0.39, 0.29) is 17.4 Å². The smallest absolute Gasteiger partial charge is 0.276 e. The van der Waals surface area contributed by atoms with E-state index in [0.717, 1.165) is 12.0 Å². The predicted molar refractivity (Wildman–Crippen MR) is 74.7 cm³/mol. The van der Waals surface area contributed by atoms with Gasteiger partial charge in [-0.15, -0.1) is 0 Å². The summed E-state index contributed by atoms with van der Waals surface area (Å²) in [6, 6.07) is 0. The Hall–Kier alpha value is -2.44. The number of carbonyl (C=O) groups excluding carboxylic acids is 1. The Kier molecular flexibility index (Phi) is 4.29. The van der Waals surface area contributed by atoms with Gasteiger partial charge in [0.2, 0.25) is 0 Å². The highest BCUT2D eigenvalue weighted by atomic mass is 16.2. The van der Waals surface area contributed by atoms with Gasteiger partial charge in [0.05, 0.1) is 6.20 Å². The van der Waals surface area contributed by atoms with Crippen LogP contribution in [0, 0.1) is 0 Å². The number of amides is 1. The van der Waals surface area contributed by atoms with Crippen LogP contribution >= 0.6 is 0 Å². The molecule has 2 aromatic rings. The highest BCUT2D eigenvalue weighted by Crippen LogP contribution is 2.11. The lowest BCUT2D eigenvalue weighted by Gasteiger charge is -2.21. The molecule has 0 aliphatic carbocycles. The summed E-state index contributed by atoms with van der Waals surface area (Å²) in [6.45, 7) is 3.13. The van der Waals surface area contributed by atoms with Crippen LogP contribution < -0.4 is 5.73 Å². The van der Waals surface area contributed by atoms with Crippen LogP contribution in [-0.4, -0.2) is 37.1 Å². The normalized spacial score (nSPS) is 10.5. The molecule has 0 unspecified atom stereocenters. The fraction of sp³-hybridized carbons (Fsp3) is 0.385. The van der Waals surface area contributed by atoms with Gasteiger partial charge in [0.25, 0.3) is 5.91 Å². The maximum atomic E-state index is 12.5. The highest BCUT2D eigenvalue weighted by Gasteiger charge is 2.20. The first kappa shape index (κ1) is 14.0. The maximum absolute atomic E-state index is 12.5. The van der Waals surface area contributed by atoms with Crippen LogP contribution in [0.15, 0.2) is 24.8 Å². The average Bonchev–Trinajstić information content (AvgIpc) is 2.83. The lowest BCUT2D eigenvalue weighted by Crippen LogP contribution is -2.32. The highest BCUT2D eigenvalue weighted by molar-refractivity contribution is 5.96. The van der Waals surface area contributed by atoms with Crippen molar-refractivity contribution in [3.8, 4) is 0 Å². The quantitative estimate of drug-likeness (QED) is 0.872. The molecule has 0 saturated carbocycles. The van der Waals surface area contributed by atoms with Crippen molar-refractivity contribution in [1.29, 1.82) is 0 Å². The summed E-state index contributed by atoms with van der Waals surface area (Å²) < 4.78 is 1.71. The van der Waals surface area contributed by atoms with Gasteiger partial charge in [-0.2, -0.15) is 5.10 Å². The molecule has 2 aromatic heterocycles. The van der Waals surface area contributed by atoms with Crippen molar-refractivity contribution < 1.29 is 4.79 Å². The van der Waals surface area contributed by atoms with Gasteiger partial charge in [0.1, 0.15) is 0 Å². The number of nitrogens with two attached hydrogens (primary N) is 1. The van der Waals surface area contributed by atoms with E-state index in [1.54, 1.807) is 15.8 Å². The van der Waals surface area contributed by atoms with E-state index < -0.39 is 0 Å². The Balaban J connectivity index is 2.20. The molecular weight excluding hydrogens is 256 g/mol. The zero-order chi connectivity index (χ0) is 14.5. The lowest BCUT2D eigenvalue weighted by molar-refractivity contribution is 0.0738. The Morgan fingerprint density at radius 3 is 2.75 bits per heavy atom. The zero-order valence-corrected chi connectivity index (χ0v) is 11.7. The fourth-order valence-electron chi connectivity index (χ4n) is 1.96. The molecule has 106 valence electrons. The van der Waals surface area contributed by atoms with Gasteiger partial charge < -0.3 is 10.6 Å². The number of nitrogen functional groups attached to an aromatic ring is 1. The van der Waals surface area contributed by atoms with E-state index in [9.17, 15) is 4.79 Å². The van der Waals surface area contributed by atoms with E-state index in [1.165, 1.54) is 12.4 Å². The number of hydrogen-bond acceptors (Lipinski definition) is 5. The standard InChI is InChI=1S/C13H18N6O/c1-3-6-19(9-10-7-17-18(2)8-10)13(20)11-12(14)16-5-4-15-11/h4-5,7-8H,3,6,9H2,1-2H3,(H2,14,16). The predicted octanol–water partition coefficient (Wildman–Crippen LogP) is 0.845.